The summed E-state index contributed by atoms with van der Waals surface area (Å²) < 4.78 is 26.8. The third-order valence-electron chi connectivity index (χ3n) is 5.95. The van der Waals surface area contributed by atoms with Crippen LogP contribution in [0.25, 0.3) is 0 Å². The monoisotopic (exact) mass is 379 g/mol. The zero-order valence-electron chi connectivity index (χ0n) is 16.3. The topological polar surface area (TPSA) is 26.8 Å². The number of piperidine rings is 1. The molecule has 1 aromatic carbocycles. The van der Waals surface area contributed by atoms with Crippen molar-refractivity contribution in [1.29, 1.82) is 0 Å². The minimum Gasteiger partial charge on any atom is -0.340 e. The summed E-state index contributed by atoms with van der Waals surface area (Å²) in [6.07, 6.45) is 4.90. The van der Waals surface area contributed by atoms with Crippen molar-refractivity contribution >= 4 is 5.91 Å². The highest BCUT2D eigenvalue weighted by Gasteiger charge is 2.27. The molecule has 150 valence electrons. The second kappa shape index (κ2) is 9.60. The number of carbonyl (C=O) groups is 1. The van der Waals surface area contributed by atoms with Crippen LogP contribution in [-0.2, 0) is 11.2 Å². The Morgan fingerprint density at radius 1 is 1.11 bits per heavy atom. The van der Waals surface area contributed by atoms with E-state index in [4.69, 9.17) is 0 Å². The Morgan fingerprint density at radius 3 is 2.63 bits per heavy atom. The number of aryl methyl sites for hydroxylation is 1. The lowest BCUT2D eigenvalue weighted by Gasteiger charge is -2.38. The van der Waals surface area contributed by atoms with Gasteiger partial charge in [-0.05, 0) is 50.8 Å². The molecular formula is C21H31F2N3O. The van der Waals surface area contributed by atoms with E-state index in [1.54, 1.807) is 0 Å². The third-order valence-corrected chi connectivity index (χ3v) is 5.95. The van der Waals surface area contributed by atoms with Crippen molar-refractivity contribution < 1.29 is 13.6 Å². The highest BCUT2D eigenvalue weighted by Crippen LogP contribution is 2.22. The SMILES string of the molecule is CN1CCN(CCC2CCCCN2C(=O)CCc2ccc(F)cc2F)CC1. The molecule has 4 nitrogen and oxygen atoms in total. The van der Waals surface area contributed by atoms with Gasteiger partial charge in [-0.25, -0.2) is 8.78 Å². The number of nitrogens with zero attached hydrogens (tertiary/aromatic N) is 3. The molecule has 0 bridgehead atoms. The quantitative estimate of drug-likeness (QED) is 0.760. The van der Waals surface area contributed by atoms with E-state index < -0.39 is 11.6 Å². The predicted octanol–water partition coefficient (Wildman–Crippen LogP) is 2.92. The summed E-state index contributed by atoms with van der Waals surface area (Å²) >= 11 is 0. The van der Waals surface area contributed by atoms with Crippen molar-refractivity contribution in [2.24, 2.45) is 0 Å². The number of hydrogen-bond acceptors (Lipinski definition) is 3. The van der Waals surface area contributed by atoms with Gasteiger partial charge < -0.3 is 14.7 Å². The van der Waals surface area contributed by atoms with Gasteiger partial charge in [-0.2, -0.15) is 0 Å². The number of amides is 1. The maximum absolute atomic E-state index is 13.8. The molecule has 1 atom stereocenters. The highest BCUT2D eigenvalue weighted by molar-refractivity contribution is 5.77. The first-order chi connectivity index (χ1) is 13.0. The van der Waals surface area contributed by atoms with Crippen LogP contribution >= 0.6 is 0 Å². The average molecular weight is 379 g/mol. The first kappa shape index (κ1) is 20.2. The highest BCUT2D eigenvalue weighted by atomic mass is 19.1. The Morgan fingerprint density at radius 2 is 1.89 bits per heavy atom. The molecule has 2 fully saturated rings. The standard InChI is InChI=1S/C21H31F2N3O/c1-24-12-14-25(15-13-24)11-9-19-4-2-3-10-26(19)21(27)8-6-17-5-7-18(22)16-20(17)23/h5,7,16,19H,2-4,6,8-15H2,1H3. The number of likely N-dealkylation sites (tertiary alicyclic amines) is 1. The maximum atomic E-state index is 13.8. The molecular weight excluding hydrogens is 348 g/mol. The van der Waals surface area contributed by atoms with Gasteiger partial charge in [0.15, 0.2) is 0 Å². The van der Waals surface area contributed by atoms with Crippen molar-refractivity contribution in [1.82, 2.24) is 14.7 Å². The molecule has 0 saturated carbocycles. The number of benzene rings is 1. The first-order valence-electron chi connectivity index (χ1n) is 10.2. The summed E-state index contributed by atoms with van der Waals surface area (Å²) in [5.41, 5.74) is 0.413. The normalized spacial score (nSPS) is 22.2. The molecule has 0 N–H and O–H groups in total. The molecule has 1 unspecified atom stereocenters. The lowest BCUT2D eigenvalue weighted by Crippen LogP contribution is -2.48. The van der Waals surface area contributed by atoms with E-state index >= 15 is 0 Å². The van der Waals surface area contributed by atoms with Crippen LogP contribution in [0.2, 0.25) is 0 Å². The van der Waals surface area contributed by atoms with Gasteiger partial charge in [0, 0.05) is 57.8 Å². The molecule has 2 saturated heterocycles. The van der Waals surface area contributed by atoms with E-state index in [-0.39, 0.29) is 12.3 Å². The van der Waals surface area contributed by atoms with Crippen LogP contribution in [0.15, 0.2) is 18.2 Å². The minimum atomic E-state index is -0.581. The fourth-order valence-corrected chi connectivity index (χ4v) is 4.14. The number of likely N-dealkylation sites (N-methyl/N-ethyl adjacent to an activating group) is 1. The van der Waals surface area contributed by atoms with Crippen LogP contribution in [0.3, 0.4) is 0 Å². The molecule has 0 aliphatic carbocycles. The average Bonchev–Trinajstić information content (AvgIpc) is 2.67. The van der Waals surface area contributed by atoms with Crippen molar-refractivity contribution in [3.05, 3.63) is 35.4 Å². The van der Waals surface area contributed by atoms with Crippen LogP contribution in [0.1, 0.15) is 37.7 Å². The summed E-state index contributed by atoms with van der Waals surface area (Å²) in [6, 6.07) is 3.88. The summed E-state index contributed by atoms with van der Waals surface area (Å²) in [7, 11) is 2.16. The van der Waals surface area contributed by atoms with Crippen molar-refractivity contribution in [2.45, 2.75) is 44.6 Å². The molecule has 6 heteroatoms. The molecule has 0 aromatic heterocycles. The fourth-order valence-electron chi connectivity index (χ4n) is 4.14. The number of halogens is 2. The molecule has 0 radical (unpaired) electrons. The van der Waals surface area contributed by atoms with Gasteiger partial charge in [0.2, 0.25) is 5.91 Å². The molecule has 1 aromatic rings. The number of carbonyl (C=O) groups excluding carboxylic acids is 1. The molecule has 27 heavy (non-hydrogen) atoms. The second-order valence-corrected chi connectivity index (χ2v) is 7.91. The van der Waals surface area contributed by atoms with Crippen molar-refractivity contribution in [2.75, 3.05) is 46.3 Å². The lowest BCUT2D eigenvalue weighted by atomic mass is 9.97. The predicted molar refractivity (Wildman–Crippen MR) is 103 cm³/mol. The van der Waals surface area contributed by atoms with E-state index in [1.807, 2.05) is 4.90 Å². The van der Waals surface area contributed by atoms with Crippen LogP contribution in [0.5, 0.6) is 0 Å². The number of hydrogen-bond donors (Lipinski definition) is 0. The van der Waals surface area contributed by atoms with Crippen molar-refractivity contribution in [3.63, 3.8) is 0 Å². The van der Waals surface area contributed by atoms with Crippen LogP contribution in [0, 0.1) is 11.6 Å². The summed E-state index contributed by atoms with van der Waals surface area (Å²) in [4.78, 5) is 19.6. The van der Waals surface area contributed by atoms with Gasteiger partial charge in [0.05, 0.1) is 0 Å². The van der Waals surface area contributed by atoms with Gasteiger partial charge in [0.25, 0.3) is 0 Å². The zero-order valence-corrected chi connectivity index (χ0v) is 16.3. The van der Waals surface area contributed by atoms with Crippen molar-refractivity contribution in [3.8, 4) is 0 Å². The molecule has 0 spiro atoms. The largest absolute Gasteiger partial charge is 0.340 e. The molecule has 3 rings (SSSR count). The smallest absolute Gasteiger partial charge is 0.223 e. The number of rotatable bonds is 6. The Labute approximate surface area is 161 Å². The zero-order chi connectivity index (χ0) is 19.2. The Hall–Kier alpha value is -1.53. The first-order valence-corrected chi connectivity index (χ1v) is 10.2. The Kier molecular flexibility index (Phi) is 7.19. The van der Waals surface area contributed by atoms with Gasteiger partial charge in [-0.1, -0.05) is 6.07 Å². The molecule has 2 aliphatic heterocycles. The Balaban J connectivity index is 1.50. The second-order valence-electron chi connectivity index (χ2n) is 7.91. The lowest BCUT2D eigenvalue weighted by molar-refractivity contribution is -0.135. The van der Waals surface area contributed by atoms with Crippen LogP contribution < -0.4 is 0 Å². The van der Waals surface area contributed by atoms with Gasteiger partial charge in [0.1, 0.15) is 11.6 Å². The third kappa shape index (κ3) is 5.72. The van der Waals surface area contributed by atoms with Crippen LogP contribution in [-0.4, -0.2) is 73.0 Å². The summed E-state index contributed by atoms with van der Waals surface area (Å²) in [5, 5.41) is 0. The molecule has 2 heterocycles. The molecule has 2 aliphatic rings. The van der Waals surface area contributed by atoms with E-state index in [2.05, 4.69) is 16.8 Å². The van der Waals surface area contributed by atoms with Gasteiger partial charge in [-0.15, -0.1) is 0 Å². The summed E-state index contributed by atoms with van der Waals surface area (Å²) in [5.74, 6) is -1.04. The Bertz CT molecular complexity index is 632. The fraction of sp³-hybridized carbons (Fsp3) is 0.667. The van der Waals surface area contributed by atoms with Gasteiger partial charge in [-0.3, -0.25) is 4.79 Å². The van der Waals surface area contributed by atoms with E-state index in [0.29, 0.717) is 18.0 Å². The minimum absolute atomic E-state index is 0.0989. The van der Waals surface area contributed by atoms with E-state index in [9.17, 15) is 13.6 Å². The number of piperazine rings is 1. The summed E-state index contributed by atoms with van der Waals surface area (Å²) in [6.45, 7) is 6.25. The van der Waals surface area contributed by atoms with E-state index in [1.165, 1.54) is 18.6 Å². The van der Waals surface area contributed by atoms with Crippen LogP contribution in [0.4, 0.5) is 8.78 Å². The molecule has 1 amide bonds. The van der Waals surface area contributed by atoms with Gasteiger partial charge >= 0.3 is 0 Å². The maximum Gasteiger partial charge on any atom is 0.223 e. The van der Waals surface area contributed by atoms with E-state index in [0.717, 1.165) is 64.6 Å².